The Balaban J connectivity index is 2.21. The molecule has 0 atom stereocenters. The number of rotatable bonds is 3. The molecule has 0 radical (unpaired) electrons. The fourth-order valence-corrected chi connectivity index (χ4v) is 1.20. The van der Waals surface area contributed by atoms with E-state index in [-0.39, 0.29) is 6.54 Å². The fourth-order valence-electron chi connectivity index (χ4n) is 1.20. The standard InChI is InChI=1S/C9H8N6/c10-15-13-6-8-2-1-7(5-11-8)9-3-4-12-14-9/h1-5H,6H2,(H,12,14). The van der Waals surface area contributed by atoms with Gasteiger partial charge in [0.05, 0.1) is 12.2 Å². The van der Waals surface area contributed by atoms with Crippen LogP contribution in [-0.2, 0) is 6.54 Å². The first-order valence-electron chi connectivity index (χ1n) is 4.35. The molecule has 74 valence electrons. The number of azide groups is 1. The summed E-state index contributed by atoms with van der Waals surface area (Å²) >= 11 is 0. The van der Waals surface area contributed by atoms with Gasteiger partial charge in [0, 0.05) is 28.6 Å². The fraction of sp³-hybridized carbons (Fsp3) is 0.111. The molecule has 1 N–H and O–H groups in total. The topological polar surface area (TPSA) is 90.3 Å². The van der Waals surface area contributed by atoms with Gasteiger partial charge in [-0.3, -0.25) is 10.1 Å². The summed E-state index contributed by atoms with van der Waals surface area (Å²) in [7, 11) is 0. The predicted octanol–water partition coefficient (Wildman–Crippen LogP) is 2.28. The molecule has 0 aromatic carbocycles. The van der Waals surface area contributed by atoms with Crippen molar-refractivity contribution in [2.75, 3.05) is 0 Å². The molecule has 0 saturated carbocycles. The molecule has 0 unspecified atom stereocenters. The minimum atomic E-state index is 0.278. The SMILES string of the molecule is [N-]=[N+]=NCc1ccc(-c2ccn[nH]2)cn1. The highest BCUT2D eigenvalue weighted by molar-refractivity contribution is 5.56. The zero-order valence-corrected chi connectivity index (χ0v) is 7.83. The van der Waals surface area contributed by atoms with E-state index in [1.54, 1.807) is 12.4 Å². The Morgan fingerprint density at radius 3 is 2.93 bits per heavy atom. The third kappa shape index (κ3) is 2.12. The van der Waals surface area contributed by atoms with E-state index in [1.807, 2.05) is 18.2 Å². The molecule has 2 rings (SSSR count). The number of H-pyrrole nitrogens is 1. The van der Waals surface area contributed by atoms with Crippen molar-refractivity contribution in [1.29, 1.82) is 0 Å². The van der Waals surface area contributed by atoms with Gasteiger partial charge < -0.3 is 0 Å². The zero-order chi connectivity index (χ0) is 10.5. The molecule has 6 nitrogen and oxygen atoms in total. The van der Waals surface area contributed by atoms with Crippen LogP contribution in [0.3, 0.4) is 0 Å². The highest BCUT2D eigenvalue weighted by Crippen LogP contribution is 2.14. The Kier molecular flexibility index (Phi) is 2.62. The third-order valence-corrected chi connectivity index (χ3v) is 1.93. The van der Waals surface area contributed by atoms with Gasteiger partial charge in [-0.1, -0.05) is 5.11 Å². The Bertz CT molecular complexity index is 466. The monoisotopic (exact) mass is 200 g/mol. The lowest BCUT2D eigenvalue weighted by Crippen LogP contribution is -1.87. The molecule has 0 spiro atoms. The minimum absolute atomic E-state index is 0.278. The lowest BCUT2D eigenvalue weighted by atomic mass is 10.2. The van der Waals surface area contributed by atoms with E-state index in [1.165, 1.54) is 0 Å². The number of aromatic nitrogens is 3. The van der Waals surface area contributed by atoms with Gasteiger partial charge in [0.25, 0.3) is 0 Å². The van der Waals surface area contributed by atoms with Crippen LogP contribution in [0.2, 0.25) is 0 Å². The van der Waals surface area contributed by atoms with E-state index < -0.39 is 0 Å². The van der Waals surface area contributed by atoms with Gasteiger partial charge in [-0.2, -0.15) is 5.10 Å². The summed E-state index contributed by atoms with van der Waals surface area (Å²) < 4.78 is 0. The lowest BCUT2D eigenvalue weighted by molar-refractivity contribution is 0.975. The second kappa shape index (κ2) is 4.26. The molecule has 2 aromatic rings. The first kappa shape index (κ1) is 9.23. The van der Waals surface area contributed by atoms with Crippen LogP contribution in [0.4, 0.5) is 0 Å². The molecule has 2 aromatic heterocycles. The molecular weight excluding hydrogens is 192 g/mol. The second-order valence-corrected chi connectivity index (χ2v) is 2.90. The summed E-state index contributed by atoms with van der Waals surface area (Å²) in [5.74, 6) is 0. The van der Waals surface area contributed by atoms with Crippen LogP contribution in [-0.4, -0.2) is 15.2 Å². The average molecular weight is 200 g/mol. The number of nitrogens with zero attached hydrogens (tertiary/aromatic N) is 5. The lowest BCUT2D eigenvalue weighted by Gasteiger charge is -1.98. The van der Waals surface area contributed by atoms with Crippen LogP contribution < -0.4 is 0 Å². The van der Waals surface area contributed by atoms with Crippen molar-refractivity contribution in [3.05, 3.63) is 46.7 Å². The first-order valence-corrected chi connectivity index (χ1v) is 4.35. The number of pyridine rings is 1. The minimum Gasteiger partial charge on any atom is -0.278 e. The van der Waals surface area contributed by atoms with Crippen molar-refractivity contribution in [2.24, 2.45) is 5.11 Å². The van der Waals surface area contributed by atoms with E-state index in [9.17, 15) is 0 Å². The zero-order valence-electron chi connectivity index (χ0n) is 7.83. The van der Waals surface area contributed by atoms with Crippen molar-refractivity contribution in [3.8, 4) is 11.3 Å². The molecule has 0 aliphatic carbocycles. The maximum Gasteiger partial charge on any atom is 0.0684 e. The first-order chi connectivity index (χ1) is 7.40. The molecule has 0 bridgehead atoms. The molecular formula is C9H8N6. The number of aromatic amines is 1. The van der Waals surface area contributed by atoms with E-state index in [4.69, 9.17) is 5.53 Å². The van der Waals surface area contributed by atoms with Gasteiger partial charge in [0.1, 0.15) is 0 Å². The number of hydrogen-bond donors (Lipinski definition) is 1. The van der Waals surface area contributed by atoms with Crippen LogP contribution in [0.25, 0.3) is 21.7 Å². The van der Waals surface area contributed by atoms with Crippen LogP contribution in [0.5, 0.6) is 0 Å². The molecule has 6 heteroatoms. The van der Waals surface area contributed by atoms with Crippen molar-refractivity contribution >= 4 is 0 Å². The van der Waals surface area contributed by atoms with Gasteiger partial charge >= 0.3 is 0 Å². The normalized spacial score (nSPS) is 9.60. The Hall–Kier alpha value is -2.33. The maximum absolute atomic E-state index is 8.15. The molecule has 0 aliphatic rings. The Morgan fingerprint density at radius 2 is 2.33 bits per heavy atom. The highest BCUT2D eigenvalue weighted by atomic mass is 15.1. The van der Waals surface area contributed by atoms with E-state index in [0.717, 1.165) is 17.0 Å². The number of hydrogen-bond acceptors (Lipinski definition) is 3. The van der Waals surface area contributed by atoms with E-state index in [2.05, 4.69) is 25.2 Å². The summed E-state index contributed by atoms with van der Waals surface area (Å²) in [6.07, 6.45) is 3.40. The van der Waals surface area contributed by atoms with Crippen LogP contribution in [0.15, 0.2) is 35.7 Å². The summed E-state index contributed by atoms with van der Waals surface area (Å²) in [6.45, 7) is 0.278. The third-order valence-electron chi connectivity index (χ3n) is 1.93. The second-order valence-electron chi connectivity index (χ2n) is 2.90. The molecule has 0 saturated heterocycles. The molecule has 2 heterocycles. The summed E-state index contributed by atoms with van der Waals surface area (Å²) in [4.78, 5) is 6.83. The molecule has 0 amide bonds. The summed E-state index contributed by atoms with van der Waals surface area (Å²) in [6, 6.07) is 5.59. The smallest absolute Gasteiger partial charge is 0.0684 e. The summed E-state index contributed by atoms with van der Waals surface area (Å²) in [5, 5.41) is 10.1. The summed E-state index contributed by atoms with van der Waals surface area (Å²) in [5.41, 5.74) is 10.8. The van der Waals surface area contributed by atoms with Gasteiger partial charge in [-0.15, -0.1) is 0 Å². The molecule has 0 aliphatic heterocycles. The quantitative estimate of drug-likeness (QED) is 0.467. The van der Waals surface area contributed by atoms with Crippen LogP contribution >= 0.6 is 0 Å². The van der Waals surface area contributed by atoms with Crippen LogP contribution in [0, 0.1) is 0 Å². The van der Waals surface area contributed by atoms with E-state index in [0.29, 0.717) is 0 Å². The molecule has 15 heavy (non-hydrogen) atoms. The maximum atomic E-state index is 8.15. The largest absolute Gasteiger partial charge is 0.278 e. The van der Waals surface area contributed by atoms with Crippen molar-refractivity contribution in [3.63, 3.8) is 0 Å². The molecule has 0 fully saturated rings. The average Bonchev–Trinajstić information content (AvgIpc) is 2.80. The van der Waals surface area contributed by atoms with Crippen molar-refractivity contribution in [1.82, 2.24) is 15.2 Å². The van der Waals surface area contributed by atoms with Crippen molar-refractivity contribution < 1.29 is 0 Å². The Labute approximate surface area is 85.6 Å². The van der Waals surface area contributed by atoms with Crippen LogP contribution in [0.1, 0.15) is 5.69 Å². The van der Waals surface area contributed by atoms with E-state index >= 15 is 0 Å². The number of nitrogens with one attached hydrogen (secondary N) is 1. The Morgan fingerprint density at radius 1 is 1.40 bits per heavy atom. The predicted molar refractivity (Wildman–Crippen MR) is 54.7 cm³/mol. The van der Waals surface area contributed by atoms with Gasteiger partial charge in [0.15, 0.2) is 0 Å². The van der Waals surface area contributed by atoms with Gasteiger partial charge in [-0.25, -0.2) is 0 Å². The van der Waals surface area contributed by atoms with Gasteiger partial charge in [0.2, 0.25) is 0 Å². The van der Waals surface area contributed by atoms with Crippen molar-refractivity contribution in [2.45, 2.75) is 6.54 Å². The van der Waals surface area contributed by atoms with Gasteiger partial charge in [-0.05, 0) is 23.7 Å². The highest BCUT2D eigenvalue weighted by Gasteiger charge is 1.99.